The molecule has 0 heterocycles. The van der Waals surface area contributed by atoms with Crippen LogP contribution in [0.15, 0.2) is 36.9 Å². The van der Waals surface area contributed by atoms with E-state index in [9.17, 15) is 0 Å². The Bertz CT molecular complexity index is 214. The summed E-state index contributed by atoms with van der Waals surface area (Å²) in [5, 5.41) is 2.99. The van der Waals surface area contributed by atoms with Crippen LogP contribution >= 0.6 is 0 Å². The molecule has 1 rings (SSSR count). The summed E-state index contributed by atoms with van der Waals surface area (Å²) in [4.78, 5) is 0. The molecular weight excluding hydrogens is 146 g/mol. The minimum atomic E-state index is 0.959. The molecule has 0 aromatic heterocycles. The fourth-order valence-electron chi connectivity index (χ4n) is 0.784. The van der Waals surface area contributed by atoms with E-state index in [1.807, 2.05) is 51.2 Å². The number of rotatable bonds is 2. The molecule has 1 nitrogen and oxygen atoms in total. The molecule has 0 fully saturated rings. The predicted octanol–water partition coefficient (Wildman–Crippen LogP) is 2.90. The minimum Gasteiger partial charge on any atom is -0.388 e. The highest BCUT2D eigenvalue weighted by atomic mass is 14.8. The molecule has 1 heteroatoms. The van der Waals surface area contributed by atoms with Crippen LogP contribution < -0.4 is 5.32 Å². The SMILES string of the molecule is C=C(NC)c1ccccc1.CC. The van der Waals surface area contributed by atoms with E-state index in [2.05, 4.69) is 11.9 Å². The van der Waals surface area contributed by atoms with Crippen LogP contribution in [0.2, 0.25) is 0 Å². The van der Waals surface area contributed by atoms with Gasteiger partial charge in [-0.2, -0.15) is 0 Å². The number of benzene rings is 1. The van der Waals surface area contributed by atoms with Crippen molar-refractivity contribution in [3.8, 4) is 0 Å². The fraction of sp³-hybridized carbons (Fsp3) is 0.273. The lowest BCUT2D eigenvalue weighted by Crippen LogP contribution is -2.01. The van der Waals surface area contributed by atoms with Gasteiger partial charge >= 0.3 is 0 Å². The van der Waals surface area contributed by atoms with E-state index in [4.69, 9.17) is 0 Å². The quantitative estimate of drug-likeness (QED) is 0.707. The Kier molecular flexibility index (Phi) is 5.80. The van der Waals surface area contributed by atoms with Gasteiger partial charge in [-0.3, -0.25) is 0 Å². The van der Waals surface area contributed by atoms with Crippen LogP contribution in [0.4, 0.5) is 0 Å². The molecular formula is C11H17N. The van der Waals surface area contributed by atoms with Crippen molar-refractivity contribution in [3.05, 3.63) is 42.5 Å². The highest BCUT2D eigenvalue weighted by molar-refractivity contribution is 5.60. The summed E-state index contributed by atoms with van der Waals surface area (Å²) in [5.74, 6) is 0. The van der Waals surface area contributed by atoms with E-state index >= 15 is 0 Å². The molecule has 0 bridgehead atoms. The smallest absolute Gasteiger partial charge is 0.0338 e. The van der Waals surface area contributed by atoms with E-state index in [1.165, 1.54) is 0 Å². The van der Waals surface area contributed by atoms with E-state index in [-0.39, 0.29) is 0 Å². The summed E-state index contributed by atoms with van der Waals surface area (Å²) in [6.07, 6.45) is 0. The summed E-state index contributed by atoms with van der Waals surface area (Å²) in [5.41, 5.74) is 2.10. The van der Waals surface area contributed by atoms with Crippen LogP contribution in [-0.2, 0) is 0 Å². The zero-order valence-corrected chi connectivity index (χ0v) is 8.09. The van der Waals surface area contributed by atoms with Crippen molar-refractivity contribution in [1.29, 1.82) is 0 Å². The van der Waals surface area contributed by atoms with Crippen LogP contribution in [0, 0.1) is 0 Å². The molecule has 0 aliphatic heterocycles. The molecule has 1 N–H and O–H groups in total. The number of hydrogen-bond acceptors (Lipinski definition) is 1. The van der Waals surface area contributed by atoms with Crippen molar-refractivity contribution in [2.45, 2.75) is 13.8 Å². The van der Waals surface area contributed by atoms with E-state index < -0.39 is 0 Å². The van der Waals surface area contributed by atoms with Gasteiger partial charge in [-0.15, -0.1) is 0 Å². The lowest BCUT2D eigenvalue weighted by molar-refractivity contribution is 1.13. The van der Waals surface area contributed by atoms with Gasteiger partial charge in [0.1, 0.15) is 0 Å². The Hall–Kier alpha value is -1.24. The molecule has 0 saturated heterocycles. The summed E-state index contributed by atoms with van der Waals surface area (Å²) in [7, 11) is 1.87. The number of hydrogen-bond donors (Lipinski definition) is 1. The van der Waals surface area contributed by atoms with Crippen LogP contribution in [-0.4, -0.2) is 7.05 Å². The zero-order chi connectivity index (χ0) is 9.40. The Morgan fingerprint density at radius 2 is 1.67 bits per heavy atom. The molecule has 0 saturated carbocycles. The molecule has 12 heavy (non-hydrogen) atoms. The van der Waals surface area contributed by atoms with Crippen molar-refractivity contribution in [2.75, 3.05) is 7.05 Å². The second-order valence-electron chi connectivity index (χ2n) is 2.09. The van der Waals surface area contributed by atoms with Gasteiger partial charge in [0.25, 0.3) is 0 Å². The van der Waals surface area contributed by atoms with Gasteiger partial charge in [-0.25, -0.2) is 0 Å². The first-order chi connectivity index (χ1) is 5.84. The maximum absolute atomic E-state index is 3.83. The third-order valence-electron chi connectivity index (χ3n) is 1.42. The third kappa shape index (κ3) is 3.24. The van der Waals surface area contributed by atoms with Gasteiger partial charge in [-0.1, -0.05) is 50.8 Å². The van der Waals surface area contributed by atoms with Crippen molar-refractivity contribution >= 4 is 5.70 Å². The number of nitrogens with one attached hydrogen (secondary N) is 1. The molecule has 0 spiro atoms. The van der Waals surface area contributed by atoms with Crippen molar-refractivity contribution in [3.63, 3.8) is 0 Å². The van der Waals surface area contributed by atoms with Crippen LogP contribution in [0.5, 0.6) is 0 Å². The lowest BCUT2D eigenvalue weighted by atomic mass is 10.2. The summed E-state index contributed by atoms with van der Waals surface area (Å²) in [6, 6.07) is 10.0. The van der Waals surface area contributed by atoms with Crippen molar-refractivity contribution in [1.82, 2.24) is 5.32 Å². The molecule has 1 aromatic carbocycles. The van der Waals surface area contributed by atoms with Crippen LogP contribution in [0.3, 0.4) is 0 Å². The third-order valence-corrected chi connectivity index (χ3v) is 1.42. The monoisotopic (exact) mass is 163 g/mol. The first-order valence-electron chi connectivity index (χ1n) is 4.26. The average Bonchev–Trinajstić information content (AvgIpc) is 2.21. The second kappa shape index (κ2) is 6.47. The first-order valence-corrected chi connectivity index (χ1v) is 4.26. The largest absolute Gasteiger partial charge is 0.388 e. The average molecular weight is 163 g/mol. The van der Waals surface area contributed by atoms with Gasteiger partial charge < -0.3 is 5.32 Å². The van der Waals surface area contributed by atoms with Gasteiger partial charge in [0.05, 0.1) is 0 Å². The molecule has 1 aromatic rings. The molecule has 0 aliphatic carbocycles. The second-order valence-corrected chi connectivity index (χ2v) is 2.09. The normalized spacial score (nSPS) is 7.92. The molecule has 0 radical (unpaired) electrons. The maximum atomic E-state index is 3.83. The van der Waals surface area contributed by atoms with E-state index in [1.54, 1.807) is 0 Å². The standard InChI is InChI=1S/C9H11N.C2H6/c1-8(10-2)9-6-4-3-5-7-9;1-2/h3-7,10H,1H2,2H3;1-2H3. The minimum absolute atomic E-state index is 0.959. The summed E-state index contributed by atoms with van der Waals surface area (Å²) < 4.78 is 0. The molecule has 0 atom stereocenters. The Labute approximate surface area is 75.1 Å². The highest BCUT2D eigenvalue weighted by Crippen LogP contribution is 2.06. The Balaban J connectivity index is 0.000000561. The van der Waals surface area contributed by atoms with Gasteiger partial charge in [0.2, 0.25) is 0 Å². The van der Waals surface area contributed by atoms with Crippen LogP contribution in [0.25, 0.3) is 5.70 Å². The summed E-state index contributed by atoms with van der Waals surface area (Å²) >= 11 is 0. The van der Waals surface area contributed by atoms with Gasteiger partial charge in [-0.05, 0) is 5.56 Å². The Morgan fingerprint density at radius 1 is 1.17 bits per heavy atom. The van der Waals surface area contributed by atoms with Crippen molar-refractivity contribution in [2.24, 2.45) is 0 Å². The van der Waals surface area contributed by atoms with Crippen molar-refractivity contribution < 1.29 is 0 Å². The molecule has 66 valence electrons. The van der Waals surface area contributed by atoms with Gasteiger partial charge in [0, 0.05) is 12.7 Å². The molecule has 0 amide bonds. The predicted molar refractivity (Wildman–Crippen MR) is 55.9 cm³/mol. The topological polar surface area (TPSA) is 12.0 Å². The summed E-state index contributed by atoms with van der Waals surface area (Å²) in [6.45, 7) is 7.83. The zero-order valence-electron chi connectivity index (χ0n) is 8.09. The van der Waals surface area contributed by atoms with E-state index in [0.29, 0.717) is 0 Å². The molecule has 0 unspecified atom stereocenters. The maximum Gasteiger partial charge on any atom is 0.0338 e. The van der Waals surface area contributed by atoms with Crippen LogP contribution in [0.1, 0.15) is 19.4 Å². The first kappa shape index (κ1) is 10.8. The fourth-order valence-corrected chi connectivity index (χ4v) is 0.784. The lowest BCUT2D eigenvalue weighted by Gasteiger charge is -2.02. The van der Waals surface area contributed by atoms with Gasteiger partial charge in [0.15, 0.2) is 0 Å². The molecule has 0 aliphatic rings. The van der Waals surface area contributed by atoms with E-state index in [0.717, 1.165) is 11.3 Å². The Morgan fingerprint density at radius 3 is 2.08 bits per heavy atom. The highest BCUT2D eigenvalue weighted by Gasteiger charge is 1.90.